The molecule has 0 unspecified atom stereocenters. The second-order valence-electron chi connectivity index (χ2n) is 2.26. The molecule has 0 saturated heterocycles. The molecular weight excluding hydrogens is 150 g/mol. The predicted molar refractivity (Wildman–Crippen MR) is 37.7 cm³/mol. The number of hydrogen-bond donors (Lipinski definition) is 4. The Kier molecular flexibility index (Phi) is 4.02. The molecule has 0 aromatic rings. The smallest absolute Gasteiger partial charge is 0.381 e. The summed E-state index contributed by atoms with van der Waals surface area (Å²) >= 11 is 0. The number of aliphatic hydroxyl groups is 2. The Labute approximate surface area is 64.7 Å². The van der Waals surface area contributed by atoms with E-state index < -0.39 is 11.9 Å². The molecule has 0 spiro atoms. The number of carboxylic acids is 1. The molecule has 0 amide bonds. The van der Waals surface area contributed by atoms with E-state index in [0.717, 1.165) is 6.42 Å². The first-order chi connectivity index (χ1) is 5.00. The minimum Gasteiger partial charge on any atom is -0.476 e. The van der Waals surface area contributed by atoms with Crippen LogP contribution in [-0.4, -0.2) is 33.7 Å². The molecule has 66 valence electrons. The minimum atomic E-state index is -2.78. The van der Waals surface area contributed by atoms with E-state index in [1.54, 1.807) is 0 Å². The van der Waals surface area contributed by atoms with Gasteiger partial charge in [0.2, 0.25) is 0 Å². The van der Waals surface area contributed by atoms with E-state index in [1.165, 1.54) is 0 Å². The van der Waals surface area contributed by atoms with Gasteiger partial charge in [-0.3, -0.25) is 5.32 Å². The lowest BCUT2D eigenvalue weighted by atomic mass is 10.3. The fourth-order valence-electron chi connectivity index (χ4n) is 0.515. The topological polar surface area (TPSA) is 89.8 Å². The van der Waals surface area contributed by atoms with Crippen molar-refractivity contribution in [2.24, 2.45) is 0 Å². The number of hydrogen-bond acceptors (Lipinski definition) is 4. The Hall–Kier alpha value is -0.650. The second-order valence-corrected chi connectivity index (χ2v) is 2.26. The van der Waals surface area contributed by atoms with Crippen LogP contribution < -0.4 is 5.32 Å². The molecule has 0 atom stereocenters. The summed E-state index contributed by atoms with van der Waals surface area (Å²) in [5.41, 5.74) is 0. The number of carboxylic acid groups (broad SMARTS) is 1. The summed E-state index contributed by atoms with van der Waals surface area (Å²) in [6.45, 7) is 2.19. The van der Waals surface area contributed by atoms with Crippen LogP contribution in [0.25, 0.3) is 0 Å². The SMILES string of the molecule is CCCCNC(O)(O)C(=O)O. The monoisotopic (exact) mass is 163 g/mol. The minimum absolute atomic E-state index is 0.274. The molecule has 0 heterocycles. The number of unbranched alkanes of at least 4 members (excludes halogenated alkanes) is 1. The largest absolute Gasteiger partial charge is 0.476 e. The van der Waals surface area contributed by atoms with Crippen LogP contribution >= 0.6 is 0 Å². The highest BCUT2D eigenvalue weighted by Gasteiger charge is 2.31. The van der Waals surface area contributed by atoms with Gasteiger partial charge in [-0.2, -0.15) is 0 Å². The molecule has 0 aliphatic carbocycles. The summed E-state index contributed by atoms with van der Waals surface area (Å²) in [5, 5.41) is 27.6. The van der Waals surface area contributed by atoms with Gasteiger partial charge in [0.15, 0.2) is 0 Å². The highest BCUT2D eigenvalue weighted by Crippen LogP contribution is 1.94. The summed E-state index contributed by atoms with van der Waals surface area (Å²) in [7, 11) is 0. The summed E-state index contributed by atoms with van der Waals surface area (Å²) in [6.07, 6.45) is 1.57. The van der Waals surface area contributed by atoms with Crippen LogP contribution in [0.3, 0.4) is 0 Å². The zero-order valence-electron chi connectivity index (χ0n) is 6.37. The molecule has 11 heavy (non-hydrogen) atoms. The maximum Gasteiger partial charge on any atom is 0.381 e. The summed E-state index contributed by atoms with van der Waals surface area (Å²) in [6, 6.07) is 0. The van der Waals surface area contributed by atoms with Gasteiger partial charge in [-0.15, -0.1) is 0 Å². The van der Waals surface area contributed by atoms with Crippen molar-refractivity contribution in [1.82, 2.24) is 5.32 Å². The van der Waals surface area contributed by atoms with Crippen LogP contribution in [0.5, 0.6) is 0 Å². The molecule has 0 aliphatic rings. The van der Waals surface area contributed by atoms with Crippen LogP contribution in [-0.2, 0) is 4.79 Å². The van der Waals surface area contributed by atoms with E-state index in [1.807, 2.05) is 6.92 Å². The number of rotatable bonds is 5. The molecule has 0 rings (SSSR count). The average molecular weight is 163 g/mol. The quantitative estimate of drug-likeness (QED) is 0.311. The van der Waals surface area contributed by atoms with Gasteiger partial charge in [0.1, 0.15) is 0 Å². The van der Waals surface area contributed by atoms with Crippen molar-refractivity contribution >= 4 is 5.97 Å². The number of aliphatic carboxylic acids is 1. The summed E-state index contributed by atoms with van der Waals surface area (Å²) < 4.78 is 0. The molecule has 0 fully saturated rings. The Morgan fingerprint density at radius 2 is 2.09 bits per heavy atom. The lowest BCUT2D eigenvalue weighted by molar-refractivity contribution is -0.214. The molecule has 5 heteroatoms. The van der Waals surface area contributed by atoms with E-state index in [2.05, 4.69) is 5.32 Å². The third-order valence-electron chi connectivity index (χ3n) is 1.20. The van der Waals surface area contributed by atoms with Crippen LogP contribution in [0, 0.1) is 0 Å². The zero-order chi connectivity index (χ0) is 8.91. The van der Waals surface area contributed by atoms with Crippen molar-refractivity contribution in [2.75, 3.05) is 6.54 Å². The van der Waals surface area contributed by atoms with Crippen molar-refractivity contribution in [1.29, 1.82) is 0 Å². The highest BCUT2D eigenvalue weighted by molar-refractivity contribution is 5.74. The van der Waals surface area contributed by atoms with Gasteiger partial charge in [0.05, 0.1) is 0 Å². The lowest BCUT2D eigenvalue weighted by Gasteiger charge is -2.16. The maximum atomic E-state index is 10.1. The summed E-state index contributed by atoms with van der Waals surface area (Å²) in [4.78, 5) is 10.1. The first-order valence-corrected chi connectivity index (χ1v) is 3.44. The molecule has 0 aromatic heterocycles. The fourth-order valence-corrected chi connectivity index (χ4v) is 0.515. The van der Waals surface area contributed by atoms with Crippen LogP contribution in [0.1, 0.15) is 19.8 Å². The number of nitrogens with one attached hydrogen (secondary N) is 1. The maximum absolute atomic E-state index is 10.1. The Morgan fingerprint density at radius 3 is 2.45 bits per heavy atom. The molecular formula is C6H13NO4. The van der Waals surface area contributed by atoms with Gasteiger partial charge >= 0.3 is 11.9 Å². The first kappa shape index (κ1) is 10.3. The van der Waals surface area contributed by atoms with Gasteiger partial charge in [0.25, 0.3) is 0 Å². The lowest BCUT2D eigenvalue weighted by Crippen LogP contribution is -2.52. The van der Waals surface area contributed by atoms with Gasteiger partial charge in [-0.05, 0) is 6.42 Å². The highest BCUT2D eigenvalue weighted by atomic mass is 16.6. The summed E-state index contributed by atoms with van der Waals surface area (Å²) in [5.74, 6) is -4.47. The normalized spacial score (nSPS) is 11.5. The van der Waals surface area contributed by atoms with Crippen molar-refractivity contribution < 1.29 is 20.1 Å². The van der Waals surface area contributed by atoms with E-state index >= 15 is 0 Å². The van der Waals surface area contributed by atoms with E-state index in [9.17, 15) is 4.79 Å². The standard InChI is InChI=1S/C6H13NO4/c1-2-3-4-7-6(10,11)5(8)9/h7,10-11H,2-4H2,1H3,(H,8,9). The second kappa shape index (κ2) is 4.27. The van der Waals surface area contributed by atoms with Crippen molar-refractivity contribution in [3.8, 4) is 0 Å². The average Bonchev–Trinajstić information content (AvgIpc) is 1.88. The van der Waals surface area contributed by atoms with E-state index in [4.69, 9.17) is 15.3 Å². The van der Waals surface area contributed by atoms with Gasteiger partial charge in [0, 0.05) is 6.54 Å². The van der Waals surface area contributed by atoms with E-state index in [0.29, 0.717) is 6.42 Å². The van der Waals surface area contributed by atoms with Crippen LogP contribution in [0.2, 0.25) is 0 Å². The molecule has 0 aromatic carbocycles. The molecule has 4 N–H and O–H groups in total. The predicted octanol–water partition coefficient (Wildman–Crippen LogP) is -0.901. The number of carbonyl (C=O) groups is 1. The van der Waals surface area contributed by atoms with Gasteiger partial charge in [-0.1, -0.05) is 13.3 Å². The molecule has 0 aliphatic heterocycles. The van der Waals surface area contributed by atoms with Gasteiger partial charge < -0.3 is 15.3 Å². The molecule has 0 radical (unpaired) electrons. The molecule has 0 saturated carbocycles. The molecule has 5 nitrogen and oxygen atoms in total. The van der Waals surface area contributed by atoms with Crippen molar-refractivity contribution in [2.45, 2.75) is 25.7 Å². The van der Waals surface area contributed by atoms with Crippen LogP contribution in [0.15, 0.2) is 0 Å². The molecule has 0 bridgehead atoms. The first-order valence-electron chi connectivity index (χ1n) is 3.44. The van der Waals surface area contributed by atoms with E-state index in [-0.39, 0.29) is 6.54 Å². The van der Waals surface area contributed by atoms with Crippen molar-refractivity contribution in [3.63, 3.8) is 0 Å². The Balaban J connectivity index is 3.64. The Bertz CT molecular complexity index is 135. The third-order valence-corrected chi connectivity index (χ3v) is 1.20. The third kappa shape index (κ3) is 3.92. The zero-order valence-corrected chi connectivity index (χ0v) is 6.37. The van der Waals surface area contributed by atoms with Crippen molar-refractivity contribution in [3.05, 3.63) is 0 Å². The van der Waals surface area contributed by atoms with Crippen LogP contribution in [0.4, 0.5) is 0 Å². The van der Waals surface area contributed by atoms with Gasteiger partial charge in [-0.25, -0.2) is 4.79 Å². The fraction of sp³-hybridized carbons (Fsp3) is 0.833. The Morgan fingerprint density at radius 1 is 1.55 bits per heavy atom.